The number of hydrogen-bond donors (Lipinski definition) is 1. The lowest BCUT2D eigenvalue weighted by Gasteiger charge is -1.97. The number of pyridine rings is 1. The van der Waals surface area contributed by atoms with E-state index in [1.54, 1.807) is 23.1 Å². The van der Waals surface area contributed by atoms with Gasteiger partial charge in [-0.2, -0.15) is 0 Å². The first-order chi connectivity index (χ1) is 10.7. The molecule has 0 aliphatic heterocycles. The fourth-order valence-electron chi connectivity index (χ4n) is 2.34. The van der Waals surface area contributed by atoms with Gasteiger partial charge in [-0.1, -0.05) is 17.8 Å². The average molecular weight is 391 g/mol. The van der Waals surface area contributed by atoms with E-state index in [2.05, 4.69) is 60.3 Å². The molecule has 0 aliphatic carbocycles. The molecule has 0 radical (unpaired) electrons. The van der Waals surface area contributed by atoms with Crippen LogP contribution in [-0.4, -0.2) is 26.2 Å². The second-order valence-electron chi connectivity index (χ2n) is 4.85. The van der Waals surface area contributed by atoms with Crippen molar-refractivity contribution in [3.05, 3.63) is 46.3 Å². The summed E-state index contributed by atoms with van der Waals surface area (Å²) in [5.41, 5.74) is 3.99. The molecule has 3 heterocycles. The summed E-state index contributed by atoms with van der Waals surface area (Å²) in [6.07, 6.45) is 2.81. The highest BCUT2D eigenvalue weighted by Crippen LogP contribution is 2.29. The minimum absolute atomic E-state index is 0.743. The van der Waals surface area contributed by atoms with Crippen molar-refractivity contribution in [2.45, 2.75) is 10.8 Å². The summed E-state index contributed by atoms with van der Waals surface area (Å²) in [7, 11) is 0. The zero-order valence-corrected chi connectivity index (χ0v) is 14.8. The van der Waals surface area contributed by atoms with E-state index in [1.165, 1.54) is 10.3 Å². The van der Waals surface area contributed by atoms with Crippen LogP contribution >= 0.6 is 39.0 Å². The number of benzene rings is 1. The molecule has 0 spiro atoms. The van der Waals surface area contributed by atoms with Gasteiger partial charge in [0.25, 0.3) is 0 Å². The fraction of sp³-hybridized carbons (Fsp3) is 0.133. The first-order valence-electron chi connectivity index (χ1n) is 6.66. The van der Waals surface area contributed by atoms with E-state index in [1.807, 2.05) is 12.1 Å². The molecule has 0 aliphatic rings. The molecule has 22 heavy (non-hydrogen) atoms. The lowest BCUT2D eigenvalue weighted by Crippen LogP contribution is -1.90. The van der Waals surface area contributed by atoms with Gasteiger partial charge in [-0.05, 0) is 52.0 Å². The Morgan fingerprint density at radius 2 is 2.09 bits per heavy atom. The molecule has 1 aromatic carbocycles. The van der Waals surface area contributed by atoms with Gasteiger partial charge in [0.05, 0.1) is 15.7 Å². The van der Waals surface area contributed by atoms with Gasteiger partial charge < -0.3 is 4.98 Å². The highest BCUT2D eigenvalue weighted by molar-refractivity contribution is 9.10. The fourth-order valence-corrected chi connectivity index (χ4v) is 4.19. The van der Waals surface area contributed by atoms with E-state index < -0.39 is 0 Å². The molecule has 4 rings (SSSR count). The third-order valence-corrected chi connectivity index (χ3v) is 5.79. The largest absolute Gasteiger partial charge is 0.340 e. The van der Waals surface area contributed by atoms with E-state index in [9.17, 15) is 0 Å². The third kappa shape index (κ3) is 2.64. The zero-order chi connectivity index (χ0) is 15.1. The predicted octanol–water partition coefficient (Wildman–Crippen LogP) is 4.64. The molecule has 0 amide bonds. The second-order valence-corrected chi connectivity index (χ2v) is 7.75. The van der Waals surface area contributed by atoms with Crippen molar-refractivity contribution in [1.29, 1.82) is 0 Å². The van der Waals surface area contributed by atoms with Crippen molar-refractivity contribution in [1.82, 2.24) is 19.9 Å². The molecular weight excluding hydrogens is 380 g/mol. The normalized spacial score (nSPS) is 11.5. The maximum atomic E-state index is 4.57. The number of imidazole rings is 1. The van der Waals surface area contributed by atoms with Crippen molar-refractivity contribution in [2.75, 3.05) is 6.26 Å². The summed E-state index contributed by atoms with van der Waals surface area (Å²) in [5.74, 6) is 0.926. The number of H-pyrrole nitrogens is 1. The maximum Gasteiger partial charge on any atom is 0.178 e. The van der Waals surface area contributed by atoms with E-state index in [-0.39, 0.29) is 0 Å². The minimum atomic E-state index is 0.743. The molecule has 3 aromatic heterocycles. The Morgan fingerprint density at radius 1 is 1.18 bits per heavy atom. The Balaban J connectivity index is 1.68. The van der Waals surface area contributed by atoms with Crippen LogP contribution in [0.25, 0.3) is 21.4 Å². The number of nitrogens with zero attached hydrogens (tertiary/aromatic N) is 3. The quantitative estimate of drug-likeness (QED) is 0.408. The summed E-state index contributed by atoms with van der Waals surface area (Å²) in [6.45, 7) is 0. The van der Waals surface area contributed by atoms with Gasteiger partial charge in [0.2, 0.25) is 0 Å². The van der Waals surface area contributed by atoms with Crippen molar-refractivity contribution in [3.63, 3.8) is 0 Å². The molecule has 0 unspecified atom stereocenters. The molecule has 7 heteroatoms. The van der Waals surface area contributed by atoms with Crippen LogP contribution in [0, 0.1) is 0 Å². The summed E-state index contributed by atoms with van der Waals surface area (Å²) in [5, 5.41) is 0. The van der Waals surface area contributed by atoms with Crippen molar-refractivity contribution in [3.8, 4) is 0 Å². The molecular formula is C15H11BrN4S2. The van der Waals surface area contributed by atoms with Gasteiger partial charge in [0.15, 0.2) is 9.99 Å². The van der Waals surface area contributed by atoms with E-state index in [0.717, 1.165) is 37.9 Å². The third-order valence-electron chi connectivity index (χ3n) is 3.34. The average Bonchev–Trinajstić information content (AvgIpc) is 3.09. The molecule has 0 bridgehead atoms. The van der Waals surface area contributed by atoms with E-state index in [0.29, 0.717) is 0 Å². The number of fused-ring (bicyclic) bond motifs is 2. The minimum Gasteiger partial charge on any atom is -0.340 e. The molecule has 4 nitrogen and oxygen atoms in total. The molecule has 0 saturated carbocycles. The zero-order valence-electron chi connectivity index (χ0n) is 11.6. The smallest absolute Gasteiger partial charge is 0.178 e. The predicted molar refractivity (Wildman–Crippen MR) is 95.8 cm³/mol. The number of thioether (sulfide) groups is 1. The Hall–Kier alpha value is -1.44. The van der Waals surface area contributed by atoms with Gasteiger partial charge in [0, 0.05) is 6.42 Å². The number of aromatic nitrogens is 4. The molecule has 110 valence electrons. The van der Waals surface area contributed by atoms with Gasteiger partial charge in [-0.3, -0.25) is 0 Å². The van der Waals surface area contributed by atoms with Gasteiger partial charge in [-0.25, -0.2) is 15.0 Å². The summed E-state index contributed by atoms with van der Waals surface area (Å²) < 4.78 is 3.12. The van der Waals surface area contributed by atoms with Crippen LogP contribution in [0.5, 0.6) is 0 Å². The Morgan fingerprint density at radius 3 is 2.95 bits per heavy atom. The Labute approximate surface area is 143 Å². The van der Waals surface area contributed by atoms with Crippen LogP contribution < -0.4 is 0 Å². The van der Waals surface area contributed by atoms with Crippen LogP contribution in [0.1, 0.15) is 11.4 Å². The number of aromatic amines is 1. The highest BCUT2D eigenvalue weighted by Gasteiger charge is 2.08. The lowest BCUT2D eigenvalue weighted by atomic mass is 10.1. The van der Waals surface area contributed by atoms with Crippen molar-refractivity contribution < 1.29 is 0 Å². The van der Waals surface area contributed by atoms with E-state index >= 15 is 0 Å². The van der Waals surface area contributed by atoms with Gasteiger partial charge in [-0.15, -0.1) is 11.3 Å². The highest BCUT2D eigenvalue weighted by atomic mass is 79.9. The monoisotopic (exact) mass is 390 g/mol. The molecule has 0 fully saturated rings. The number of hydrogen-bond acceptors (Lipinski definition) is 5. The van der Waals surface area contributed by atoms with E-state index in [4.69, 9.17) is 0 Å². The van der Waals surface area contributed by atoms with Crippen LogP contribution in [0.4, 0.5) is 0 Å². The Kier molecular flexibility index (Phi) is 3.63. The summed E-state index contributed by atoms with van der Waals surface area (Å²) in [6, 6.07) is 10.3. The van der Waals surface area contributed by atoms with Crippen molar-refractivity contribution in [2.24, 2.45) is 0 Å². The van der Waals surface area contributed by atoms with Crippen LogP contribution in [0.2, 0.25) is 0 Å². The molecule has 0 atom stereocenters. The lowest BCUT2D eigenvalue weighted by molar-refractivity contribution is 1.04. The number of rotatable bonds is 3. The molecule has 0 saturated heterocycles. The summed E-state index contributed by atoms with van der Waals surface area (Å²) >= 11 is 6.79. The molecule has 1 N–H and O–H groups in total. The first kappa shape index (κ1) is 14.2. The first-order valence-corrected chi connectivity index (χ1v) is 9.49. The topological polar surface area (TPSA) is 54.5 Å². The Bertz CT molecular complexity index is 976. The number of halogens is 1. The summed E-state index contributed by atoms with van der Waals surface area (Å²) in [4.78, 5) is 16.8. The second kappa shape index (κ2) is 5.64. The van der Waals surface area contributed by atoms with Crippen LogP contribution in [-0.2, 0) is 6.42 Å². The van der Waals surface area contributed by atoms with Crippen LogP contribution in [0.3, 0.4) is 0 Å². The SMILES string of the molecule is CSc1nc2ccc(Cc3nc4nc(Br)ccc4[nH]3)cc2s1. The number of thiazole rings is 1. The van der Waals surface area contributed by atoms with Crippen molar-refractivity contribution >= 4 is 60.4 Å². The standard InChI is InChI=1S/C15H11BrN4S2/c1-21-15-18-9-3-2-8(6-11(9)22-15)7-13-17-10-4-5-12(16)19-14(10)20-13/h2-6H,7H2,1H3,(H,17,19,20). The van der Waals surface area contributed by atoms with Gasteiger partial charge in [0.1, 0.15) is 10.4 Å². The number of nitrogens with one attached hydrogen (secondary N) is 1. The maximum absolute atomic E-state index is 4.57. The van der Waals surface area contributed by atoms with Crippen LogP contribution in [0.15, 0.2) is 39.3 Å². The molecule has 4 aromatic rings. The van der Waals surface area contributed by atoms with Gasteiger partial charge >= 0.3 is 0 Å².